The summed E-state index contributed by atoms with van der Waals surface area (Å²) in [5.41, 5.74) is 1.55. The van der Waals surface area contributed by atoms with Gasteiger partial charge < -0.3 is 9.84 Å². The molecule has 1 N–H and O–H groups in total. The SMILES string of the molecule is O=C(O)c1ccc(CN(CC2CCCO2)C2CCCC2)cc1. The van der Waals surface area contributed by atoms with Gasteiger partial charge in [-0.2, -0.15) is 0 Å². The van der Waals surface area contributed by atoms with Crippen molar-refractivity contribution >= 4 is 5.97 Å². The number of benzene rings is 1. The quantitative estimate of drug-likeness (QED) is 0.876. The summed E-state index contributed by atoms with van der Waals surface area (Å²) in [5.74, 6) is -0.862. The smallest absolute Gasteiger partial charge is 0.335 e. The van der Waals surface area contributed by atoms with Gasteiger partial charge in [-0.15, -0.1) is 0 Å². The molecule has 2 fully saturated rings. The van der Waals surface area contributed by atoms with Gasteiger partial charge in [0.25, 0.3) is 0 Å². The van der Waals surface area contributed by atoms with Gasteiger partial charge >= 0.3 is 5.97 Å². The zero-order valence-corrected chi connectivity index (χ0v) is 13.0. The van der Waals surface area contributed by atoms with Crippen molar-refractivity contribution in [2.75, 3.05) is 13.2 Å². The first-order valence-electron chi connectivity index (χ1n) is 8.40. The van der Waals surface area contributed by atoms with Crippen molar-refractivity contribution in [1.29, 1.82) is 0 Å². The standard InChI is InChI=1S/C18H25NO3/c20-18(21)15-9-7-14(8-10-15)12-19(16-4-1-2-5-16)13-17-6-3-11-22-17/h7-10,16-17H,1-6,11-13H2,(H,20,21). The molecule has 1 saturated heterocycles. The Hall–Kier alpha value is -1.39. The Morgan fingerprint density at radius 2 is 1.86 bits per heavy atom. The second-order valence-electron chi connectivity index (χ2n) is 6.50. The molecule has 0 spiro atoms. The van der Waals surface area contributed by atoms with Gasteiger partial charge in [0.1, 0.15) is 0 Å². The van der Waals surface area contributed by atoms with Gasteiger partial charge in [0, 0.05) is 25.7 Å². The zero-order chi connectivity index (χ0) is 15.4. The molecule has 0 amide bonds. The van der Waals surface area contributed by atoms with Crippen LogP contribution in [0.3, 0.4) is 0 Å². The van der Waals surface area contributed by atoms with Crippen molar-refractivity contribution in [2.45, 2.75) is 57.2 Å². The van der Waals surface area contributed by atoms with E-state index in [1.165, 1.54) is 44.1 Å². The second-order valence-corrected chi connectivity index (χ2v) is 6.50. The summed E-state index contributed by atoms with van der Waals surface area (Å²) in [6, 6.07) is 7.96. The Kier molecular flexibility index (Phi) is 5.11. The number of rotatable bonds is 6. The van der Waals surface area contributed by atoms with E-state index in [1.807, 2.05) is 12.1 Å². The van der Waals surface area contributed by atoms with Crippen LogP contribution in [0.4, 0.5) is 0 Å². The number of carbonyl (C=O) groups is 1. The van der Waals surface area contributed by atoms with Gasteiger partial charge in [-0.1, -0.05) is 25.0 Å². The van der Waals surface area contributed by atoms with E-state index in [2.05, 4.69) is 4.90 Å². The molecule has 1 saturated carbocycles. The third kappa shape index (κ3) is 3.87. The van der Waals surface area contributed by atoms with E-state index in [1.54, 1.807) is 12.1 Å². The number of carboxylic acid groups (broad SMARTS) is 1. The summed E-state index contributed by atoms with van der Waals surface area (Å²) in [5, 5.41) is 8.99. The van der Waals surface area contributed by atoms with E-state index in [4.69, 9.17) is 9.84 Å². The average Bonchev–Trinajstić information content (AvgIpc) is 3.20. The van der Waals surface area contributed by atoms with Crippen LogP contribution in [0.5, 0.6) is 0 Å². The lowest BCUT2D eigenvalue weighted by Crippen LogP contribution is -2.38. The average molecular weight is 303 g/mol. The summed E-state index contributed by atoms with van der Waals surface area (Å²) in [4.78, 5) is 13.5. The third-order valence-corrected chi connectivity index (χ3v) is 4.89. The van der Waals surface area contributed by atoms with Crippen LogP contribution in [0.15, 0.2) is 24.3 Å². The fraction of sp³-hybridized carbons (Fsp3) is 0.611. The summed E-state index contributed by atoms with van der Waals surface area (Å²) < 4.78 is 5.81. The van der Waals surface area contributed by atoms with Crippen LogP contribution in [0.1, 0.15) is 54.4 Å². The van der Waals surface area contributed by atoms with E-state index in [0.29, 0.717) is 17.7 Å². The molecule has 0 aromatic heterocycles. The molecule has 1 heterocycles. The number of nitrogens with zero attached hydrogens (tertiary/aromatic N) is 1. The van der Waals surface area contributed by atoms with Gasteiger partial charge in [0.2, 0.25) is 0 Å². The number of hydrogen-bond donors (Lipinski definition) is 1. The third-order valence-electron chi connectivity index (χ3n) is 4.89. The maximum atomic E-state index is 10.9. The van der Waals surface area contributed by atoms with Crippen molar-refractivity contribution in [2.24, 2.45) is 0 Å². The fourth-order valence-corrected chi connectivity index (χ4v) is 3.65. The van der Waals surface area contributed by atoms with Gasteiger partial charge in [0.05, 0.1) is 11.7 Å². The van der Waals surface area contributed by atoms with Crippen LogP contribution >= 0.6 is 0 Å². The predicted molar refractivity (Wildman–Crippen MR) is 85.0 cm³/mol. The zero-order valence-electron chi connectivity index (χ0n) is 13.0. The molecule has 2 aliphatic rings. The molecule has 1 unspecified atom stereocenters. The Labute approximate surface area is 132 Å². The molecular formula is C18H25NO3. The highest BCUT2D eigenvalue weighted by Gasteiger charge is 2.27. The minimum Gasteiger partial charge on any atom is -0.478 e. The summed E-state index contributed by atoms with van der Waals surface area (Å²) >= 11 is 0. The summed E-state index contributed by atoms with van der Waals surface area (Å²) in [7, 11) is 0. The Morgan fingerprint density at radius 1 is 1.14 bits per heavy atom. The molecule has 1 aliphatic carbocycles. The molecule has 22 heavy (non-hydrogen) atoms. The normalized spacial score (nSPS) is 22.5. The number of hydrogen-bond acceptors (Lipinski definition) is 3. The van der Waals surface area contributed by atoms with Gasteiger partial charge in [-0.05, 0) is 43.4 Å². The van der Waals surface area contributed by atoms with E-state index >= 15 is 0 Å². The van der Waals surface area contributed by atoms with Crippen LogP contribution in [0.2, 0.25) is 0 Å². The minimum atomic E-state index is -0.862. The molecule has 0 bridgehead atoms. The summed E-state index contributed by atoms with van der Waals surface area (Å²) in [6.07, 6.45) is 7.92. The molecule has 1 atom stereocenters. The molecule has 120 valence electrons. The maximum absolute atomic E-state index is 10.9. The van der Waals surface area contributed by atoms with E-state index in [9.17, 15) is 4.79 Å². The fourth-order valence-electron chi connectivity index (χ4n) is 3.65. The number of aromatic carboxylic acids is 1. The van der Waals surface area contributed by atoms with Gasteiger partial charge in [-0.25, -0.2) is 4.79 Å². The molecule has 0 radical (unpaired) electrons. The molecule has 1 aromatic carbocycles. The predicted octanol–water partition coefficient (Wildman–Crippen LogP) is 3.31. The van der Waals surface area contributed by atoms with Crippen molar-refractivity contribution in [3.8, 4) is 0 Å². The number of carboxylic acids is 1. The molecule has 4 nitrogen and oxygen atoms in total. The maximum Gasteiger partial charge on any atom is 0.335 e. The van der Waals surface area contributed by atoms with Crippen molar-refractivity contribution in [1.82, 2.24) is 4.90 Å². The van der Waals surface area contributed by atoms with Crippen molar-refractivity contribution in [3.63, 3.8) is 0 Å². The number of ether oxygens (including phenoxy) is 1. The molecule has 3 rings (SSSR count). The molecular weight excluding hydrogens is 278 g/mol. The molecule has 4 heteroatoms. The first-order chi connectivity index (χ1) is 10.7. The highest BCUT2D eigenvalue weighted by Crippen LogP contribution is 2.27. The lowest BCUT2D eigenvalue weighted by Gasteiger charge is -2.31. The first-order valence-corrected chi connectivity index (χ1v) is 8.40. The van der Waals surface area contributed by atoms with E-state index < -0.39 is 5.97 Å². The topological polar surface area (TPSA) is 49.8 Å². The lowest BCUT2D eigenvalue weighted by atomic mass is 10.1. The van der Waals surface area contributed by atoms with Crippen molar-refractivity contribution < 1.29 is 14.6 Å². The lowest BCUT2D eigenvalue weighted by molar-refractivity contribution is 0.0542. The molecule has 1 aliphatic heterocycles. The highest BCUT2D eigenvalue weighted by molar-refractivity contribution is 5.87. The van der Waals surface area contributed by atoms with Crippen LogP contribution in [-0.4, -0.2) is 41.3 Å². The van der Waals surface area contributed by atoms with Crippen molar-refractivity contribution in [3.05, 3.63) is 35.4 Å². The Morgan fingerprint density at radius 3 is 2.45 bits per heavy atom. The second kappa shape index (κ2) is 7.25. The van der Waals surface area contributed by atoms with Crippen LogP contribution in [0, 0.1) is 0 Å². The van der Waals surface area contributed by atoms with Gasteiger partial charge in [-0.3, -0.25) is 4.90 Å². The summed E-state index contributed by atoms with van der Waals surface area (Å²) in [6.45, 7) is 2.80. The van der Waals surface area contributed by atoms with Crippen LogP contribution < -0.4 is 0 Å². The minimum absolute atomic E-state index is 0.357. The highest BCUT2D eigenvalue weighted by atomic mass is 16.5. The molecule has 1 aromatic rings. The van der Waals surface area contributed by atoms with E-state index in [0.717, 1.165) is 19.7 Å². The largest absolute Gasteiger partial charge is 0.478 e. The Balaban J connectivity index is 1.66. The monoisotopic (exact) mass is 303 g/mol. The van der Waals surface area contributed by atoms with Crippen LogP contribution in [-0.2, 0) is 11.3 Å². The van der Waals surface area contributed by atoms with Crippen LogP contribution in [0.25, 0.3) is 0 Å². The first kappa shape index (κ1) is 15.5. The van der Waals surface area contributed by atoms with E-state index in [-0.39, 0.29) is 0 Å². The van der Waals surface area contributed by atoms with Gasteiger partial charge in [0.15, 0.2) is 0 Å². The Bertz CT molecular complexity index is 488.